The number of amides is 2. The third-order valence-electron chi connectivity index (χ3n) is 5.20. The number of nitrogens with zero attached hydrogens (tertiary/aromatic N) is 1. The van der Waals surface area contributed by atoms with Gasteiger partial charge in [0.15, 0.2) is 11.6 Å². The van der Waals surface area contributed by atoms with E-state index in [-0.39, 0.29) is 30.0 Å². The number of benzene rings is 2. The van der Waals surface area contributed by atoms with E-state index in [1.807, 2.05) is 30.3 Å². The number of fused-ring (bicyclic) bond motifs is 1. The molecule has 0 saturated heterocycles. The van der Waals surface area contributed by atoms with Gasteiger partial charge in [-0.15, -0.1) is 0 Å². The number of aromatic nitrogens is 2. The van der Waals surface area contributed by atoms with Crippen molar-refractivity contribution in [3.63, 3.8) is 0 Å². The predicted molar refractivity (Wildman–Crippen MR) is 112 cm³/mol. The second-order valence-corrected chi connectivity index (χ2v) is 7.33. The number of anilines is 2. The van der Waals surface area contributed by atoms with Crippen molar-refractivity contribution in [2.45, 2.75) is 25.3 Å². The van der Waals surface area contributed by atoms with Gasteiger partial charge in [-0.25, -0.2) is 13.6 Å². The van der Waals surface area contributed by atoms with Crippen LogP contribution >= 0.6 is 0 Å². The van der Waals surface area contributed by atoms with Crippen LogP contribution in [0, 0.1) is 11.6 Å². The Morgan fingerprint density at radius 2 is 1.81 bits per heavy atom. The van der Waals surface area contributed by atoms with Crippen molar-refractivity contribution in [1.82, 2.24) is 9.55 Å². The first-order valence-corrected chi connectivity index (χ1v) is 9.80. The van der Waals surface area contributed by atoms with Gasteiger partial charge in [-0.1, -0.05) is 30.3 Å². The summed E-state index contributed by atoms with van der Waals surface area (Å²) in [6.07, 6.45) is 0.100. The number of halogens is 2. The van der Waals surface area contributed by atoms with Gasteiger partial charge in [0.2, 0.25) is 11.8 Å². The van der Waals surface area contributed by atoms with Crippen LogP contribution < -0.4 is 21.9 Å². The van der Waals surface area contributed by atoms with Gasteiger partial charge in [-0.2, -0.15) is 0 Å². The first-order chi connectivity index (χ1) is 15.3. The largest absolute Gasteiger partial charge is 0.329 e. The highest BCUT2D eigenvalue weighted by atomic mass is 19.2. The molecule has 32 heavy (non-hydrogen) atoms. The summed E-state index contributed by atoms with van der Waals surface area (Å²) in [4.78, 5) is 52.4. The summed E-state index contributed by atoms with van der Waals surface area (Å²) >= 11 is 0. The van der Waals surface area contributed by atoms with Gasteiger partial charge in [0.05, 0.1) is 11.5 Å². The van der Waals surface area contributed by atoms with Crippen molar-refractivity contribution in [1.29, 1.82) is 0 Å². The fraction of sp³-hybridized carbons (Fsp3) is 0.182. The van der Waals surface area contributed by atoms with Crippen LogP contribution in [-0.4, -0.2) is 21.4 Å². The Morgan fingerprint density at radius 1 is 1.06 bits per heavy atom. The van der Waals surface area contributed by atoms with Gasteiger partial charge in [-0.05, 0) is 24.1 Å². The highest BCUT2D eigenvalue weighted by molar-refractivity contribution is 6.04. The van der Waals surface area contributed by atoms with Crippen molar-refractivity contribution in [3.8, 4) is 0 Å². The van der Waals surface area contributed by atoms with Crippen LogP contribution in [-0.2, 0) is 22.6 Å². The van der Waals surface area contributed by atoms with Crippen LogP contribution in [0.1, 0.15) is 23.5 Å². The van der Waals surface area contributed by atoms with Crippen molar-refractivity contribution >= 4 is 23.3 Å². The fourth-order valence-electron chi connectivity index (χ4n) is 3.64. The molecular weight excluding hydrogens is 422 g/mol. The third kappa shape index (κ3) is 4.20. The Hall–Kier alpha value is -4.08. The first-order valence-electron chi connectivity index (χ1n) is 9.80. The molecule has 1 aromatic heterocycles. The lowest BCUT2D eigenvalue weighted by molar-refractivity contribution is -0.123. The van der Waals surface area contributed by atoms with E-state index in [9.17, 15) is 28.0 Å². The molecule has 164 valence electrons. The maximum absolute atomic E-state index is 13.5. The number of carbonyl (C=O) groups excluding carboxylic acids is 2. The first kappa shape index (κ1) is 21.2. The summed E-state index contributed by atoms with van der Waals surface area (Å²) in [6, 6.07) is 12.1. The van der Waals surface area contributed by atoms with E-state index in [1.54, 1.807) is 0 Å². The van der Waals surface area contributed by atoms with E-state index in [0.29, 0.717) is 6.42 Å². The number of hydrogen-bond acceptors (Lipinski definition) is 4. The standard InChI is InChI=1S/C22H18F2N4O4/c23-15-7-6-13(10-16(15)24)25-20(30)14-11-17(29)26-19-18(14)21(31)27-22(32)28(19)9-8-12-4-2-1-3-5-12/h1-7,10,14H,8-9,11H2,(H,25,30)(H,26,29)(H,27,31,32)/t14-/m1/s1. The van der Waals surface area contributed by atoms with Gasteiger partial charge in [0.25, 0.3) is 5.56 Å². The molecule has 0 bridgehead atoms. The molecule has 2 aromatic carbocycles. The number of nitrogens with one attached hydrogen (secondary N) is 3. The molecule has 10 heteroatoms. The average Bonchev–Trinajstić information content (AvgIpc) is 2.76. The third-order valence-corrected chi connectivity index (χ3v) is 5.20. The highest BCUT2D eigenvalue weighted by Gasteiger charge is 2.35. The van der Waals surface area contributed by atoms with Crippen molar-refractivity contribution in [2.24, 2.45) is 0 Å². The average molecular weight is 440 g/mol. The number of aryl methyl sites for hydroxylation is 1. The predicted octanol–water partition coefficient (Wildman–Crippen LogP) is 2.12. The molecule has 3 aromatic rings. The van der Waals surface area contributed by atoms with Crippen LogP contribution in [0.3, 0.4) is 0 Å². The molecule has 0 aliphatic carbocycles. The van der Waals surface area contributed by atoms with E-state index in [1.165, 1.54) is 4.57 Å². The molecule has 1 atom stereocenters. The van der Waals surface area contributed by atoms with Crippen molar-refractivity contribution < 1.29 is 18.4 Å². The number of rotatable bonds is 5. The van der Waals surface area contributed by atoms with E-state index in [2.05, 4.69) is 15.6 Å². The molecule has 4 rings (SSSR count). The summed E-state index contributed by atoms with van der Waals surface area (Å²) in [5.41, 5.74) is -0.681. The van der Waals surface area contributed by atoms with Crippen LogP contribution in [0.2, 0.25) is 0 Å². The summed E-state index contributed by atoms with van der Waals surface area (Å²) in [6.45, 7) is 0.153. The van der Waals surface area contributed by atoms with Crippen LogP contribution in [0.25, 0.3) is 0 Å². The molecule has 8 nitrogen and oxygen atoms in total. The van der Waals surface area contributed by atoms with Gasteiger partial charge >= 0.3 is 5.69 Å². The van der Waals surface area contributed by atoms with Crippen molar-refractivity contribution in [2.75, 3.05) is 10.6 Å². The zero-order valence-corrected chi connectivity index (χ0v) is 16.7. The Bertz CT molecular complexity index is 1320. The molecule has 0 spiro atoms. The maximum Gasteiger partial charge on any atom is 0.329 e. The van der Waals surface area contributed by atoms with Crippen LogP contribution in [0.4, 0.5) is 20.3 Å². The summed E-state index contributed by atoms with van der Waals surface area (Å²) in [5, 5.41) is 4.92. The van der Waals surface area contributed by atoms with Gasteiger partial charge in [0.1, 0.15) is 5.82 Å². The lowest BCUT2D eigenvalue weighted by Gasteiger charge is -2.26. The summed E-state index contributed by atoms with van der Waals surface area (Å²) in [5.74, 6) is -4.82. The second-order valence-electron chi connectivity index (χ2n) is 7.33. The quantitative estimate of drug-likeness (QED) is 0.564. The summed E-state index contributed by atoms with van der Waals surface area (Å²) < 4.78 is 27.8. The minimum absolute atomic E-state index is 0.0322. The zero-order chi connectivity index (χ0) is 22.8. The topological polar surface area (TPSA) is 113 Å². The molecular formula is C22H18F2N4O4. The van der Waals surface area contributed by atoms with E-state index < -0.39 is 40.6 Å². The van der Waals surface area contributed by atoms with E-state index in [4.69, 9.17) is 0 Å². The van der Waals surface area contributed by atoms with E-state index >= 15 is 0 Å². The van der Waals surface area contributed by atoms with Gasteiger partial charge < -0.3 is 10.6 Å². The van der Waals surface area contributed by atoms with Gasteiger partial charge in [0, 0.05) is 24.7 Å². The minimum Gasteiger partial charge on any atom is -0.325 e. The van der Waals surface area contributed by atoms with E-state index in [0.717, 1.165) is 23.8 Å². The lowest BCUT2D eigenvalue weighted by atomic mass is 9.92. The Kier molecular flexibility index (Phi) is 5.67. The Balaban J connectivity index is 1.68. The highest BCUT2D eigenvalue weighted by Crippen LogP contribution is 2.30. The molecule has 1 aliphatic rings. The summed E-state index contributed by atoms with van der Waals surface area (Å²) in [7, 11) is 0. The lowest BCUT2D eigenvalue weighted by Crippen LogP contribution is -2.42. The monoisotopic (exact) mass is 440 g/mol. The van der Waals surface area contributed by atoms with Gasteiger partial charge in [-0.3, -0.25) is 23.9 Å². The molecule has 0 radical (unpaired) electrons. The number of H-pyrrole nitrogens is 1. The number of carbonyl (C=O) groups is 2. The SMILES string of the molecule is O=C1C[C@@H](C(=O)Nc2ccc(F)c(F)c2)c2c(n(CCc3ccccc3)c(=O)[nH]c2=O)N1. The number of hydrogen-bond donors (Lipinski definition) is 3. The Morgan fingerprint density at radius 3 is 2.53 bits per heavy atom. The van der Waals surface area contributed by atoms with Crippen LogP contribution in [0.5, 0.6) is 0 Å². The molecule has 0 unspecified atom stereocenters. The molecule has 2 heterocycles. The van der Waals surface area contributed by atoms with Crippen LogP contribution in [0.15, 0.2) is 58.1 Å². The molecule has 0 fully saturated rings. The molecule has 1 aliphatic heterocycles. The zero-order valence-electron chi connectivity index (χ0n) is 16.7. The fourth-order valence-corrected chi connectivity index (χ4v) is 3.64. The second kappa shape index (κ2) is 8.58. The normalized spacial score (nSPS) is 15.1. The number of aromatic amines is 1. The minimum atomic E-state index is -1.22. The smallest absolute Gasteiger partial charge is 0.325 e. The molecule has 3 N–H and O–H groups in total. The maximum atomic E-state index is 13.5. The Labute approximate surface area is 179 Å². The van der Waals surface area contributed by atoms with Crippen molar-refractivity contribution in [3.05, 3.63) is 92.1 Å². The molecule has 2 amide bonds. The molecule has 0 saturated carbocycles.